The summed E-state index contributed by atoms with van der Waals surface area (Å²) in [4.78, 5) is 13.7. The van der Waals surface area contributed by atoms with Crippen molar-refractivity contribution >= 4 is 5.91 Å². The number of amides is 1. The first-order chi connectivity index (χ1) is 8.24. The number of carbonyl (C=O) groups excluding carboxylic acids is 1. The predicted octanol–water partition coefficient (Wildman–Crippen LogP) is 1.04. The van der Waals surface area contributed by atoms with Gasteiger partial charge in [-0.25, -0.2) is 0 Å². The maximum atomic E-state index is 11.4. The standard InChI is InChI=1S/C13H22N2O2/c1-12(13(17)14-7-11-16)6-5-10-15-8-3-2-4-9-15/h5-6,10,16H,2-4,7-9,11H2,1H3,(H,14,17)/b10-5+,12-6+. The molecule has 0 spiro atoms. The van der Waals surface area contributed by atoms with Gasteiger partial charge in [0.15, 0.2) is 0 Å². The molecule has 96 valence electrons. The van der Waals surface area contributed by atoms with Crippen molar-refractivity contribution in [3.63, 3.8) is 0 Å². The molecule has 0 bridgehead atoms. The first-order valence-corrected chi connectivity index (χ1v) is 6.22. The highest BCUT2D eigenvalue weighted by Gasteiger charge is 2.04. The lowest BCUT2D eigenvalue weighted by atomic mass is 10.1. The first-order valence-electron chi connectivity index (χ1n) is 6.22. The highest BCUT2D eigenvalue weighted by Crippen LogP contribution is 2.08. The Morgan fingerprint density at radius 3 is 2.71 bits per heavy atom. The molecular weight excluding hydrogens is 216 g/mol. The van der Waals surface area contributed by atoms with Crippen molar-refractivity contribution in [3.8, 4) is 0 Å². The van der Waals surface area contributed by atoms with E-state index in [4.69, 9.17) is 5.11 Å². The predicted molar refractivity (Wildman–Crippen MR) is 68.4 cm³/mol. The summed E-state index contributed by atoms with van der Waals surface area (Å²) in [5.74, 6) is -0.123. The van der Waals surface area contributed by atoms with Gasteiger partial charge in [0.25, 0.3) is 0 Å². The lowest BCUT2D eigenvalue weighted by Gasteiger charge is -2.24. The molecule has 0 atom stereocenters. The summed E-state index contributed by atoms with van der Waals surface area (Å²) in [5.41, 5.74) is 0.659. The van der Waals surface area contributed by atoms with E-state index in [2.05, 4.69) is 10.2 Å². The molecule has 0 aliphatic carbocycles. The van der Waals surface area contributed by atoms with Crippen molar-refractivity contribution < 1.29 is 9.90 Å². The third-order valence-electron chi connectivity index (χ3n) is 2.79. The summed E-state index contributed by atoms with van der Waals surface area (Å²) in [7, 11) is 0. The highest BCUT2D eigenvalue weighted by molar-refractivity contribution is 5.93. The topological polar surface area (TPSA) is 52.6 Å². The largest absolute Gasteiger partial charge is 0.395 e. The average molecular weight is 238 g/mol. The van der Waals surface area contributed by atoms with Crippen molar-refractivity contribution in [2.24, 2.45) is 0 Å². The van der Waals surface area contributed by atoms with Gasteiger partial charge in [0.1, 0.15) is 0 Å². The normalized spacial score (nSPS) is 17.5. The van der Waals surface area contributed by atoms with E-state index in [0.717, 1.165) is 13.1 Å². The van der Waals surface area contributed by atoms with E-state index in [1.807, 2.05) is 12.3 Å². The number of hydrogen-bond donors (Lipinski definition) is 2. The van der Waals surface area contributed by atoms with Gasteiger partial charge in [-0.1, -0.05) is 6.08 Å². The van der Waals surface area contributed by atoms with Gasteiger partial charge in [0.2, 0.25) is 5.91 Å². The van der Waals surface area contributed by atoms with Crippen LogP contribution in [-0.2, 0) is 4.79 Å². The lowest BCUT2D eigenvalue weighted by molar-refractivity contribution is -0.117. The van der Waals surface area contributed by atoms with Crippen molar-refractivity contribution in [1.29, 1.82) is 0 Å². The Bertz CT molecular complexity index is 292. The third kappa shape index (κ3) is 5.54. The minimum absolute atomic E-state index is 0.0252. The molecular formula is C13H22N2O2. The second-order valence-corrected chi connectivity index (χ2v) is 4.27. The van der Waals surface area contributed by atoms with Gasteiger partial charge in [-0.15, -0.1) is 0 Å². The molecule has 1 aliphatic rings. The number of piperidine rings is 1. The molecule has 0 aromatic rings. The van der Waals surface area contributed by atoms with Crippen molar-refractivity contribution in [3.05, 3.63) is 23.9 Å². The molecule has 1 rings (SSSR count). The molecule has 4 heteroatoms. The number of aliphatic hydroxyl groups is 1. The van der Waals surface area contributed by atoms with Crippen LogP contribution < -0.4 is 5.32 Å². The molecule has 1 fully saturated rings. The van der Waals surface area contributed by atoms with E-state index < -0.39 is 0 Å². The molecule has 0 aromatic carbocycles. The quantitative estimate of drug-likeness (QED) is 0.556. The maximum absolute atomic E-state index is 11.4. The molecule has 0 radical (unpaired) electrons. The van der Waals surface area contributed by atoms with Gasteiger partial charge in [0.05, 0.1) is 6.61 Å². The number of aliphatic hydroxyl groups excluding tert-OH is 1. The average Bonchev–Trinajstić information content (AvgIpc) is 2.37. The number of allylic oxidation sites excluding steroid dienone is 2. The van der Waals surface area contributed by atoms with Gasteiger partial charge in [-0.05, 0) is 38.5 Å². The fourth-order valence-electron chi connectivity index (χ4n) is 1.76. The molecule has 0 unspecified atom stereocenters. The van der Waals surface area contributed by atoms with Gasteiger partial charge >= 0.3 is 0 Å². The number of nitrogens with zero attached hydrogens (tertiary/aromatic N) is 1. The van der Waals surface area contributed by atoms with Gasteiger partial charge in [-0.3, -0.25) is 4.79 Å². The Kier molecular flexibility index (Phi) is 6.40. The van der Waals surface area contributed by atoms with E-state index in [1.54, 1.807) is 13.0 Å². The van der Waals surface area contributed by atoms with Crippen LogP contribution in [0.3, 0.4) is 0 Å². The Labute approximate surface area is 103 Å². The molecule has 2 N–H and O–H groups in total. The Hall–Kier alpha value is -1.29. The molecule has 0 aromatic heterocycles. The van der Waals surface area contributed by atoms with E-state index in [1.165, 1.54) is 19.3 Å². The van der Waals surface area contributed by atoms with Crippen molar-refractivity contribution in [2.75, 3.05) is 26.2 Å². The molecule has 1 saturated heterocycles. The second-order valence-electron chi connectivity index (χ2n) is 4.27. The van der Waals surface area contributed by atoms with Crippen LogP contribution in [0.4, 0.5) is 0 Å². The number of likely N-dealkylation sites (tertiary alicyclic amines) is 1. The molecule has 0 saturated carbocycles. The molecule has 1 amide bonds. The zero-order chi connectivity index (χ0) is 12.5. The van der Waals surface area contributed by atoms with Crippen LogP contribution in [-0.4, -0.2) is 42.2 Å². The summed E-state index contributed by atoms with van der Waals surface area (Å²) in [6.07, 6.45) is 9.60. The summed E-state index contributed by atoms with van der Waals surface area (Å²) in [6.45, 7) is 4.27. The highest BCUT2D eigenvalue weighted by atomic mass is 16.3. The van der Waals surface area contributed by atoms with Crippen molar-refractivity contribution in [1.82, 2.24) is 10.2 Å². The van der Waals surface area contributed by atoms with E-state index in [9.17, 15) is 4.79 Å². The maximum Gasteiger partial charge on any atom is 0.246 e. The van der Waals surface area contributed by atoms with Crippen LogP contribution in [0.2, 0.25) is 0 Å². The Morgan fingerprint density at radius 1 is 1.35 bits per heavy atom. The van der Waals surface area contributed by atoms with Crippen LogP contribution in [0, 0.1) is 0 Å². The monoisotopic (exact) mass is 238 g/mol. The molecule has 17 heavy (non-hydrogen) atoms. The van der Waals surface area contributed by atoms with Crippen LogP contribution in [0.25, 0.3) is 0 Å². The Morgan fingerprint density at radius 2 is 2.06 bits per heavy atom. The number of hydrogen-bond acceptors (Lipinski definition) is 3. The van der Waals surface area contributed by atoms with Crippen LogP contribution >= 0.6 is 0 Å². The third-order valence-corrected chi connectivity index (χ3v) is 2.79. The molecule has 1 heterocycles. The SMILES string of the molecule is C/C(=C\C=C\N1CCCCC1)C(=O)NCCO. The van der Waals surface area contributed by atoms with E-state index in [0.29, 0.717) is 12.1 Å². The summed E-state index contributed by atoms with van der Waals surface area (Å²) in [6, 6.07) is 0. The minimum Gasteiger partial charge on any atom is -0.395 e. The van der Waals surface area contributed by atoms with Crippen LogP contribution in [0.15, 0.2) is 23.9 Å². The molecule has 4 nitrogen and oxygen atoms in total. The fraction of sp³-hybridized carbons (Fsp3) is 0.615. The summed E-state index contributed by atoms with van der Waals surface area (Å²) < 4.78 is 0. The first kappa shape index (κ1) is 13.8. The fourth-order valence-corrected chi connectivity index (χ4v) is 1.76. The second kappa shape index (κ2) is 7.90. The van der Waals surface area contributed by atoms with Gasteiger partial charge in [-0.2, -0.15) is 0 Å². The minimum atomic E-state index is -0.123. The number of nitrogens with one attached hydrogen (secondary N) is 1. The van der Waals surface area contributed by atoms with Crippen LogP contribution in [0.1, 0.15) is 26.2 Å². The zero-order valence-corrected chi connectivity index (χ0v) is 10.5. The van der Waals surface area contributed by atoms with E-state index >= 15 is 0 Å². The van der Waals surface area contributed by atoms with E-state index in [-0.39, 0.29) is 12.5 Å². The smallest absolute Gasteiger partial charge is 0.246 e. The van der Waals surface area contributed by atoms with Crippen LogP contribution in [0.5, 0.6) is 0 Å². The Balaban J connectivity index is 2.34. The summed E-state index contributed by atoms with van der Waals surface area (Å²) >= 11 is 0. The zero-order valence-electron chi connectivity index (χ0n) is 10.5. The number of carbonyl (C=O) groups is 1. The summed E-state index contributed by atoms with van der Waals surface area (Å²) in [5, 5.41) is 11.2. The molecule has 1 aliphatic heterocycles. The number of rotatable bonds is 5. The van der Waals surface area contributed by atoms with Gasteiger partial charge in [0, 0.05) is 25.2 Å². The van der Waals surface area contributed by atoms with Crippen molar-refractivity contribution in [2.45, 2.75) is 26.2 Å². The lowest BCUT2D eigenvalue weighted by Crippen LogP contribution is -2.27. The van der Waals surface area contributed by atoms with Gasteiger partial charge < -0.3 is 15.3 Å².